The van der Waals surface area contributed by atoms with Gasteiger partial charge in [-0.2, -0.15) is 0 Å². The third kappa shape index (κ3) is 5.31. The van der Waals surface area contributed by atoms with E-state index in [4.69, 9.17) is 0 Å². The molecule has 154 valence electrons. The molecule has 1 aliphatic rings. The normalized spacial score (nSPS) is 27.0. The lowest BCUT2D eigenvalue weighted by atomic mass is 9.76. The summed E-state index contributed by atoms with van der Waals surface area (Å²) in [4.78, 5) is 11.6. The molecule has 0 heterocycles. The first-order chi connectivity index (χ1) is 13.4. The Morgan fingerprint density at radius 2 is 1.96 bits per heavy atom. The Labute approximate surface area is 167 Å². The molecule has 28 heavy (non-hydrogen) atoms. The summed E-state index contributed by atoms with van der Waals surface area (Å²) < 4.78 is 0. The lowest BCUT2D eigenvalue weighted by molar-refractivity contribution is 0.0692. The van der Waals surface area contributed by atoms with Crippen molar-refractivity contribution in [1.82, 2.24) is 0 Å². The van der Waals surface area contributed by atoms with Crippen molar-refractivity contribution < 1.29 is 25.2 Å². The largest absolute Gasteiger partial charge is 0.478 e. The second kappa shape index (κ2) is 10.6. The van der Waals surface area contributed by atoms with Gasteiger partial charge >= 0.3 is 5.97 Å². The summed E-state index contributed by atoms with van der Waals surface area (Å²) >= 11 is 0. The summed E-state index contributed by atoms with van der Waals surface area (Å²) in [7, 11) is 0. The number of hydrogen-bond donors (Lipinski definition) is 4. The molecule has 6 unspecified atom stereocenters. The summed E-state index contributed by atoms with van der Waals surface area (Å²) in [6, 6.07) is 6.69. The molecule has 1 aliphatic carbocycles. The van der Waals surface area contributed by atoms with E-state index in [-0.39, 0.29) is 17.9 Å². The predicted molar refractivity (Wildman–Crippen MR) is 109 cm³/mol. The monoisotopic (exact) mass is 388 g/mol. The first-order valence-corrected chi connectivity index (χ1v) is 10.1. The number of allylic oxidation sites excluding steroid dienone is 1. The zero-order chi connectivity index (χ0) is 20.7. The van der Waals surface area contributed by atoms with Crippen molar-refractivity contribution >= 4 is 5.97 Å². The molecule has 0 radical (unpaired) electrons. The Hall–Kier alpha value is -1.95. The fraction of sp³-hybridized carbons (Fsp3) is 0.522. The molecule has 0 bridgehead atoms. The number of hydrogen-bond acceptors (Lipinski definition) is 4. The number of carboxylic acid groups (broad SMARTS) is 1. The molecule has 1 aromatic rings. The molecule has 2 rings (SSSR count). The molecule has 0 aromatic heterocycles. The van der Waals surface area contributed by atoms with Crippen LogP contribution in [0.4, 0.5) is 0 Å². The maximum absolute atomic E-state index is 11.6. The molecule has 1 saturated carbocycles. The minimum Gasteiger partial charge on any atom is -0.478 e. The third-order valence-electron chi connectivity index (χ3n) is 5.69. The van der Waals surface area contributed by atoms with Crippen LogP contribution < -0.4 is 0 Å². The van der Waals surface area contributed by atoms with Crippen molar-refractivity contribution in [2.75, 3.05) is 0 Å². The zero-order valence-electron chi connectivity index (χ0n) is 16.4. The standard InChI is InChI=1S/C23H32O5/c1-3-5-6-9-15(24)12-13-19-20(25)14-21(26)22(19)16(4-2)17-10-7-8-11-18(17)23(27)28/h4,7-8,10-13,15-16,19-22,24-26H,2-3,5-6,9,14H2,1H3,(H,27,28). The minimum atomic E-state index is -1.03. The Balaban J connectivity index is 2.27. The average molecular weight is 389 g/mol. The van der Waals surface area contributed by atoms with E-state index in [0.717, 1.165) is 19.3 Å². The molecule has 1 aromatic carbocycles. The fourth-order valence-electron chi connectivity index (χ4n) is 4.24. The van der Waals surface area contributed by atoms with Gasteiger partial charge in [0.1, 0.15) is 0 Å². The van der Waals surface area contributed by atoms with E-state index in [2.05, 4.69) is 13.5 Å². The Bertz CT molecular complexity index is 683. The van der Waals surface area contributed by atoms with E-state index in [0.29, 0.717) is 12.0 Å². The van der Waals surface area contributed by atoms with Crippen molar-refractivity contribution in [2.24, 2.45) is 11.8 Å². The van der Waals surface area contributed by atoms with Crippen LogP contribution in [0.25, 0.3) is 0 Å². The third-order valence-corrected chi connectivity index (χ3v) is 5.69. The summed E-state index contributed by atoms with van der Waals surface area (Å²) in [6.45, 7) is 5.97. The van der Waals surface area contributed by atoms with Crippen LogP contribution in [0.2, 0.25) is 0 Å². The lowest BCUT2D eigenvalue weighted by Gasteiger charge is -2.29. The first kappa shape index (κ1) is 22.3. The summed E-state index contributed by atoms with van der Waals surface area (Å²) in [5, 5.41) is 40.8. The van der Waals surface area contributed by atoms with Gasteiger partial charge in [-0.1, -0.05) is 62.6 Å². The van der Waals surface area contributed by atoms with Crippen LogP contribution in [0, 0.1) is 11.8 Å². The van der Waals surface area contributed by atoms with Crippen LogP contribution in [0.1, 0.15) is 60.9 Å². The van der Waals surface area contributed by atoms with E-state index in [1.54, 1.807) is 36.4 Å². The van der Waals surface area contributed by atoms with E-state index in [9.17, 15) is 25.2 Å². The molecular formula is C23H32O5. The summed E-state index contributed by atoms with van der Waals surface area (Å²) in [5.74, 6) is -2.26. The number of carboxylic acids is 1. The van der Waals surface area contributed by atoms with Gasteiger partial charge in [0, 0.05) is 24.2 Å². The topological polar surface area (TPSA) is 98.0 Å². The Morgan fingerprint density at radius 3 is 2.61 bits per heavy atom. The van der Waals surface area contributed by atoms with Gasteiger partial charge in [-0.3, -0.25) is 0 Å². The van der Waals surface area contributed by atoms with Gasteiger partial charge in [0.2, 0.25) is 0 Å². The van der Waals surface area contributed by atoms with Crippen LogP contribution in [0.3, 0.4) is 0 Å². The maximum atomic E-state index is 11.6. The Kier molecular flexibility index (Phi) is 8.42. The smallest absolute Gasteiger partial charge is 0.335 e. The van der Waals surface area contributed by atoms with Crippen molar-refractivity contribution in [3.8, 4) is 0 Å². The quantitative estimate of drug-likeness (QED) is 0.363. The van der Waals surface area contributed by atoms with Gasteiger partial charge in [0.25, 0.3) is 0 Å². The highest BCUT2D eigenvalue weighted by Crippen LogP contribution is 2.44. The predicted octanol–water partition coefficient (Wildman–Crippen LogP) is 3.51. The minimum absolute atomic E-state index is 0.170. The van der Waals surface area contributed by atoms with Crippen LogP contribution in [0.5, 0.6) is 0 Å². The second-order valence-corrected chi connectivity index (χ2v) is 7.63. The molecule has 1 fully saturated rings. The van der Waals surface area contributed by atoms with Gasteiger partial charge in [0.05, 0.1) is 23.9 Å². The highest BCUT2D eigenvalue weighted by atomic mass is 16.4. The van der Waals surface area contributed by atoms with Gasteiger partial charge in [-0.05, 0) is 18.1 Å². The highest BCUT2D eigenvalue weighted by molar-refractivity contribution is 5.89. The van der Waals surface area contributed by atoms with Crippen LogP contribution in [-0.2, 0) is 0 Å². The van der Waals surface area contributed by atoms with Gasteiger partial charge in [0.15, 0.2) is 0 Å². The SMILES string of the molecule is C=CC(c1ccccc1C(=O)O)C1C(O)CC(O)C1C=CC(O)CCCCC. The van der Waals surface area contributed by atoms with Crippen LogP contribution >= 0.6 is 0 Å². The van der Waals surface area contributed by atoms with E-state index in [1.165, 1.54) is 6.07 Å². The number of rotatable bonds is 10. The van der Waals surface area contributed by atoms with Crippen molar-refractivity contribution in [3.63, 3.8) is 0 Å². The Morgan fingerprint density at radius 1 is 1.25 bits per heavy atom. The number of aliphatic hydroxyl groups is 3. The van der Waals surface area contributed by atoms with Crippen molar-refractivity contribution in [1.29, 1.82) is 0 Å². The van der Waals surface area contributed by atoms with E-state index in [1.807, 2.05) is 0 Å². The van der Waals surface area contributed by atoms with Gasteiger partial charge < -0.3 is 20.4 Å². The summed E-state index contributed by atoms with van der Waals surface area (Å²) in [5.41, 5.74) is 0.744. The molecule has 0 spiro atoms. The van der Waals surface area contributed by atoms with E-state index >= 15 is 0 Å². The highest BCUT2D eigenvalue weighted by Gasteiger charge is 2.44. The first-order valence-electron chi connectivity index (χ1n) is 10.1. The second-order valence-electron chi connectivity index (χ2n) is 7.63. The number of unbranched alkanes of at least 4 members (excludes halogenated alkanes) is 2. The number of benzene rings is 1. The molecular weight excluding hydrogens is 356 g/mol. The fourth-order valence-corrected chi connectivity index (χ4v) is 4.24. The molecule has 6 atom stereocenters. The number of carbonyl (C=O) groups is 1. The molecule has 4 N–H and O–H groups in total. The average Bonchev–Trinajstić information content (AvgIpc) is 2.94. The van der Waals surface area contributed by atoms with Crippen LogP contribution in [0.15, 0.2) is 49.1 Å². The molecule has 0 amide bonds. The number of aliphatic hydroxyl groups excluding tert-OH is 3. The molecule has 0 saturated heterocycles. The zero-order valence-corrected chi connectivity index (χ0v) is 16.4. The molecule has 0 aliphatic heterocycles. The van der Waals surface area contributed by atoms with Crippen LogP contribution in [-0.4, -0.2) is 44.7 Å². The number of aromatic carboxylic acids is 1. The lowest BCUT2D eigenvalue weighted by Crippen LogP contribution is -2.27. The van der Waals surface area contributed by atoms with Gasteiger partial charge in [-0.25, -0.2) is 4.79 Å². The molecule has 5 nitrogen and oxygen atoms in total. The van der Waals surface area contributed by atoms with Crippen molar-refractivity contribution in [2.45, 2.75) is 63.3 Å². The van der Waals surface area contributed by atoms with E-state index < -0.39 is 36.1 Å². The summed E-state index contributed by atoms with van der Waals surface area (Å²) in [6.07, 6.45) is 6.93. The molecule has 5 heteroatoms. The maximum Gasteiger partial charge on any atom is 0.335 e. The van der Waals surface area contributed by atoms with Gasteiger partial charge in [-0.15, -0.1) is 6.58 Å². The van der Waals surface area contributed by atoms with Crippen molar-refractivity contribution in [3.05, 3.63) is 60.2 Å².